The van der Waals surface area contributed by atoms with Crippen LogP contribution in [0.4, 0.5) is 0 Å². The lowest BCUT2D eigenvalue weighted by Gasteiger charge is -2.22. The lowest BCUT2D eigenvalue weighted by atomic mass is 9.92. The molecule has 3 atom stereocenters. The highest BCUT2D eigenvalue weighted by molar-refractivity contribution is 5.98. The third kappa shape index (κ3) is 2.71. The van der Waals surface area contributed by atoms with Gasteiger partial charge in [0.15, 0.2) is 5.60 Å². The summed E-state index contributed by atoms with van der Waals surface area (Å²) in [5.41, 5.74) is -3.72. The molecule has 0 unspecified atom stereocenters. The van der Waals surface area contributed by atoms with E-state index in [1.807, 2.05) is 0 Å². The quantitative estimate of drug-likeness (QED) is 0.395. The number of phenolic OH excluding ortho intramolecular Hbond substituents is 2. The largest absolute Gasteiger partial charge is 0.507 e. The van der Waals surface area contributed by atoms with E-state index in [9.17, 15) is 30.3 Å². The summed E-state index contributed by atoms with van der Waals surface area (Å²) < 4.78 is 16.6. The number of phenols is 2. The zero-order chi connectivity index (χ0) is 22.3. The van der Waals surface area contributed by atoms with Crippen LogP contribution in [0.25, 0.3) is 21.9 Å². The number of rotatable bonds is 3. The second-order valence-electron chi connectivity index (χ2n) is 8.53. The van der Waals surface area contributed by atoms with Gasteiger partial charge in [-0.05, 0) is 32.1 Å². The fraction of sp³-hybridized carbons (Fsp3) is 0.318. The number of aromatic hydroxyl groups is 2. The molecule has 5 rings (SSSR count). The monoisotopic (exact) mass is 428 g/mol. The Hall–Kier alpha value is -3.27. The van der Waals surface area contributed by atoms with E-state index in [0.29, 0.717) is 0 Å². The van der Waals surface area contributed by atoms with Crippen LogP contribution in [-0.4, -0.2) is 37.4 Å². The van der Waals surface area contributed by atoms with Crippen LogP contribution in [0.1, 0.15) is 37.5 Å². The summed E-state index contributed by atoms with van der Waals surface area (Å²) in [6.45, 7) is 3.06. The maximum absolute atomic E-state index is 13.3. The molecule has 9 heteroatoms. The van der Waals surface area contributed by atoms with Gasteiger partial charge in [-0.25, -0.2) is 0 Å². The summed E-state index contributed by atoms with van der Waals surface area (Å²) in [6.07, 6.45) is 0.183. The molecular formula is C22H20O9. The van der Waals surface area contributed by atoms with Gasteiger partial charge in [0.05, 0.1) is 23.5 Å². The lowest BCUT2D eigenvalue weighted by molar-refractivity contribution is -0.110. The average Bonchev–Trinajstić information content (AvgIpc) is 3.13. The lowest BCUT2D eigenvalue weighted by Crippen LogP contribution is -2.33. The van der Waals surface area contributed by atoms with Crippen molar-refractivity contribution < 1.29 is 39.4 Å². The zero-order valence-electron chi connectivity index (χ0n) is 16.6. The number of hydrogen-bond donors (Lipinski definition) is 5. The predicted octanol–water partition coefficient (Wildman–Crippen LogP) is 2.00. The van der Waals surface area contributed by atoms with Crippen molar-refractivity contribution in [2.24, 2.45) is 0 Å². The van der Waals surface area contributed by atoms with Crippen LogP contribution in [0, 0.1) is 0 Å². The Labute approximate surface area is 175 Å². The van der Waals surface area contributed by atoms with Gasteiger partial charge >= 0.3 is 0 Å². The molecule has 0 spiro atoms. The first-order valence-electron chi connectivity index (χ1n) is 9.63. The van der Waals surface area contributed by atoms with Gasteiger partial charge in [0.1, 0.15) is 39.2 Å². The Morgan fingerprint density at radius 2 is 1.97 bits per heavy atom. The molecule has 2 aliphatic rings. The summed E-state index contributed by atoms with van der Waals surface area (Å²) in [5.74, 6) is -0.880. The second-order valence-corrected chi connectivity index (χ2v) is 8.53. The van der Waals surface area contributed by atoms with Gasteiger partial charge < -0.3 is 39.4 Å². The van der Waals surface area contributed by atoms with E-state index in [0.717, 1.165) is 0 Å². The highest BCUT2D eigenvalue weighted by atomic mass is 16.7. The fourth-order valence-corrected chi connectivity index (χ4v) is 4.23. The van der Waals surface area contributed by atoms with Crippen molar-refractivity contribution in [3.63, 3.8) is 0 Å². The van der Waals surface area contributed by atoms with E-state index in [1.165, 1.54) is 44.4 Å². The number of fused-ring (bicyclic) bond motifs is 5. The third-order valence-electron chi connectivity index (χ3n) is 5.63. The number of aliphatic hydroxyl groups excluding tert-OH is 1. The van der Waals surface area contributed by atoms with Crippen molar-refractivity contribution in [1.82, 2.24) is 0 Å². The van der Waals surface area contributed by atoms with E-state index in [-0.39, 0.29) is 45.2 Å². The molecule has 9 nitrogen and oxygen atoms in total. The molecule has 5 N–H and O–H groups in total. The van der Waals surface area contributed by atoms with Gasteiger partial charge in [-0.2, -0.15) is 0 Å². The molecule has 3 aromatic rings. The van der Waals surface area contributed by atoms with Crippen LogP contribution < -0.4 is 10.2 Å². The maximum atomic E-state index is 13.3. The third-order valence-corrected chi connectivity index (χ3v) is 5.63. The smallest absolute Gasteiger partial charge is 0.277 e. The molecule has 162 valence electrons. The van der Waals surface area contributed by atoms with Crippen LogP contribution in [0.2, 0.25) is 0 Å². The highest BCUT2D eigenvalue weighted by Gasteiger charge is 2.53. The van der Waals surface area contributed by atoms with Crippen molar-refractivity contribution >= 4 is 21.9 Å². The predicted molar refractivity (Wildman–Crippen MR) is 108 cm³/mol. The van der Waals surface area contributed by atoms with Crippen LogP contribution >= 0.6 is 0 Å². The number of aliphatic hydroxyl groups is 3. The fourth-order valence-electron chi connectivity index (χ4n) is 4.23. The van der Waals surface area contributed by atoms with Crippen molar-refractivity contribution in [2.75, 3.05) is 0 Å². The molecule has 1 aromatic heterocycles. The van der Waals surface area contributed by atoms with Crippen LogP contribution in [0.5, 0.6) is 17.2 Å². The first-order valence-corrected chi connectivity index (χ1v) is 9.63. The first kappa shape index (κ1) is 19.7. The first-order chi connectivity index (χ1) is 14.5. The van der Waals surface area contributed by atoms with E-state index >= 15 is 0 Å². The number of benzene rings is 2. The van der Waals surface area contributed by atoms with Crippen LogP contribution in [0.3, 0.4) is 0 Å². The van der Waals surface area contributed by atoms with Gasteiger partial charge in [-0.3, -0.25) is 4.79 Å². The van der Waals surface area contributed by atoms with Gasteiger partial charge in [0, 0.05) is 18.1 Å². The molecule has 0 saturated heterocycles. The van der Waals surface area contributed by atoms with Crippen molar-refractivity contribution in [3.05, 3.63) is 51.9 Å². The molecule has 0 fully saturated rings. The van der Waals surface area contributed by atoms with Gasteiger partial charge in [0.25, 0.3) is 6.29 Å². The van der Waals surface area contributed by atoms with E-state index < -0.39 is 40.5 Å². The molecule has 0 saturated carbocycles. The summed E-state index contributed by atoms with van der Waals surface area (Å²) in [6, 6.07) is 3.98. The molecule has 0 radical (unpaired) electrons. The van der Waals surface area contributed by atoms with Crippen LogP contribution in [-0.2, 0) is 10.3 Å². The van der Waals surface area contributed by atoms with Gasteiger partial charge in [0.2, 0.25) is 5.43 Å². The molecule has 0 bridgehead atoms. The van der Waals surface area contributed by atoms with E-state index in [4.69, 9.17) is 13.9 Å². The Balaban J connectivity index is 1.82. The van der Waals surface area contributed by atoms with Crippen molar-refractivity contribution in [1.29, 1.82) is 0 Å². The SMILES string of the molecule is CC(C)(O)C[C@H](O)c1ccc(O)c2c(=O)c3c(O)c4c(cc3oc12)O[C@H]1OC=C[C@@]41O. The molecule has 2 aliphatic heterocycles. The minimum atomic E-state index is -1.78. The van der Waals surface area contributed by atoms with E-state index in [2.05, 4.69) is 0 Å². The summed E-state index contributed by atoms with van der Waals surface area (Å²) in [7, 11) is 0. The molecular weight excluding hydrogens is 408 g/mol. The van der Waals surface area contributed by atoms with Gasteiger partial charge in [-0.15, -0.1) is 0 Å². The zero-order valence-corrected chi connectivity index (χ0v) is 16.6. The van der Waals surface area contributed by atoms with E-state index in [1.54, 1.807) is 0 Å². The van der Waals surface area contributed by atoms with Crippen molar-refractivity contribution in [2.45, 2.75) is 43.9 Å². The molecule has 2 aromatic carbocycles. The van der Waals surface area contributed by atoms with Gasteiger partial charge in [-0.1, -0.05) is 0 Å². The number of hydrogen-bond acceptors (Lipinski definition) is 9. The molecule has 0 amide bonds. The Morgan fingerprint density at radius 1 is 1.23 bits per heavy atom. The summed E-state index contributed by atoms with van der Waals surface area (Å²) >= 11 is 0. The Bertz CT molecular complexity index is 1330. The topological polar surface area (TPSA) is 150 Å². The standard InChI is InChI=1S/C22H20O9/c1-21(2,27)8-11(24)9-3-4-10(23)14-17(25)15-12(30-19(9)14)7-13-16(18(15)26)22(28)5-6-29-20(22)31-13/h3-7,11,20,23-24,26-28H,8H2,1-2H3/t11-,20+,22+/m0/s1. The Morgan fingerprint density at radius 3 is 2.68 bits per heavy atom. The molecule has 3 heterocycles. The highest BCUT2D eigenvalue weighted by Crippen LogP contribution is 2.52. The summed E-state index contributed by atoms with van der Waals surface area (Å²) in [4.78, 5) is 13.3. The maximum Gasteiger partial charge on any atom is 0.277 e. The molecule has 31 heavy (non-hydrogen) atoms. The minimum absolute atomic E-state index is 0.0388. The van der Waals surface area contributed by atoms with Crippen LogP contribution in [0.15, 0.2) is 39.7 Å². The Kier molecular flexibility index (Phi) is 3.89. The van der Waals surface area contributed by atoms with Crippen molar-refractivity contribution in [3.8, 4) is 17.2 Å². The molecule has 0 aliphatic carbocycles. The second kappa shape index (κ2) is 6.13. The number of ether oxygens (including phenoxy) is 2. The minimum Gasteiger partial charge on any atom is -0.507 e. The average molecular weight is 428 g/mol. The summed E-state index contributed by atoms with van der Waals surface area (Å²) in [5, 5.41) is 52.3. The normalized spacial score (nSPS) is 22.9.